The molecule has 1 heterocycles. The molecule has 1 aliphatic rings. The van der Waals surface area contributed by atoms with Crippen molar-refractivity contribution in [2.24, 2.45) is 0 Å². The van der Waals surface area contributed by atoms with Gasteiger partial charge in [0.25, 0.3) is 0 Å². The van der Waals surface area contributed by atoms with Gasteiger partial charge in [0.1, 0.15) is 11.9 Å². The van der Waals surface area contributed by atoms with Crippen LogP contribution in [0.15, 0.2) is 24.3 Å². The van der Waals surface area contributed by atoms with Crippen LogP contribution in [0, 0.1) is 5.82 Å². The van der Waals surface area contributed by atoms with Crippen LogP contribution in [0.1, 0.15) is 31.9 Å². The highest BCUT2D eigenvalue weighted by Crippen LogP contribution is 2.25. The van der Waals surface area contributed by atoms with Gasteiger partial charge in [-0.05, 0) is 31.0 Å². The number of halogens is 1. The van der Waals surface area contributed by atoms with Crippen LogP contribution in [-0.2, 0) is 4.74 Å². The lowest BCUT2D eigenvalue weighted by Gasteiger charge is -2.37. The normalized spacial score (nSPS) is 22.6. The molecule has 110 valence electrons. The van der Waals surface area contributed by atoms with Crippen LogP contribution >= 0.6 is 0 Å². The molecule has 0 spiro atoms. The van der Waals surface area contributed by atoms with Crippen LogP contribution in [0.5, 0.6) is 0 Å². The number of hydrogen-bond donors (Lipinski definition) is 1. The van der Waals surface area contributed by atoms with Crippen molar-refractivity contribution < 1.29 is 13.9 Å². The number of rotatable bonds is 3. The number of nitrogens with zero attached hydrogens (tertiary/aromatic N) is 1. The minimum absolute atomic E-state index is 0.0359. The van der Waals surface area contributed by atoms with Crippen LogP contribution in [0.3, 0.4) is 0 Å². The molecule has 2 atom stereocenters. The van der Waals surface area contributed by atoms with Crippen LogP contribution in [0.25, 0.3) is 0 Å². The Kier molecular flexibility index (Phi) is 4.95. The minimum Gasteiger partial charge on any atom is -0.367 e. The third kappa shape index (κ3) is 3.70. The number of nitrogens with one attached hydrogen (secondary N) is 1. The Labute approximate surface area is 118 Å². The van der Waals surface area contributed by atoms with Crippen molar-refractivity contribution in [3.05, 3.63) is 35.6 Å². The van der Waals surface area contributed by atoms with Crippen molar-refractivity contribution in [1.82, 2.24) is 10.2 Å². The van der Waals surface area contributed by atoms with E-state index in [9.17, 15) is 9.18 Å². The summed E-state index contributed by atoms with van der Waals surface area (Å²) in [4.78, 5) is 13.8. The highest BCUT2D eigenvalue weighted by molar-refractivity contribution is 5.74. The summed E-state index contributed by atoms with van der Waals surface area (Å²) in [6, 6.07) is 6.19. The highest BCUT2D eigenvalue weighted by Gasteiger charge is 2.29. The van der Waals surface area contributed by atoms with Crippen LogP contribution < -0.4 is 5.32 Å². The fraction of sp³-hybridized carbons (Fsp3) is 0.533. The Morgan fingerprint density at radius 3 is 2.75 bits per heavy atom. The van der Waals surface area contributed by atoms with E-state index >= 15 is 0 Å². The van der Waals surface area contributed by atoms with E-state index in [4.69, 9.17) is 4.74 Å². The number of ether oxygens (including phenoxy) is 1. The zero-order valence-electron chi connectivity index (χ0n) is 11.9. The van der Waals surface area contributed by atoms with Gasteiger partial charge in [-0.3, -0.25) is 0 Å². The molecule has 2 amide bonds. The van der Waals surface area contributed by atoms with Gasteiger partial charge < -0.3 is 15.0 Å². The van der Waals surface area contributed by atoms with Crippen LogP contribution in [0.4, 0.5) is 9.18 Å². The van der Waals surface area contributed by atoms with Gasteiger partial charge in [0.2, 0.25) is 0 Å². The third-order valence-electron chi connectivity index (χ3n) is 3.32. The molecule has 1 aromatic rings. The number of carbonyl (C=O) groups excluding carboxylic acids is 1. The molecule has 0 aromatic heterocycles. The Bertz CT molecular complexity index is 450. The first kappa shape index (κ1) is 14.8. The van der Waals surface area contributed by atoms with Gasteiger partial charge in [-0.2, -0.15) is 0 Å². The first-order valence-electron chi connectivity index (χ1n) is 7.04. The Morgan fingerprint density at radius 2 is 2.10 bits per heavy atom. The molecule has 5 heteroatoms. The number of hydrogen-bond acceptors (Lipinski definition) is 2. The molecule has 20 heavy (non-hydrogen) atoms. The van der Waals surface area contributed by atoms with Crippen LogP contribution in [-0.4, -0.2) is 36.7 Å². The van der Waals surface area contributed by atoms with Gasteiger partial charge in [-0.1, -0.05) is 19.1 Å². The van der Waals surface area contributed by atoms with Crippen LogP contribution in [0.2, 0.25) is 0 Å². The molecule has 2 unspecified atom stereocenters. The molecule has 1 fully saturated rings. The van der Waals surface area contributed by atoms with Crippen molar-refractivity contribution >= 4 is 6.03 Å². The minimum atomic E-state index is -0.268. The standard InChI is InChI=1S/C15H21FN2O2/c1-3-8-17-15(19)18-9-11(2)20-14(10-18)12-4-6-13(16)7-5-12/h4-7,11,14H,3,8-10H2,1-2H3,(H,17,19). The quantitative estimate of drug-likeness (QED) is 0.925. The Balaban J connectivity index is 2.04. The summed E-state index contributed by atoms with van der Waals surface area (Å²) >= 11 is 0. The SMILES string of the molecule is CCCNC(=O)N1CC(C)OC(c2ccc(F)cc2)C1. The van der Waals surface area contributed by atoms with E-state index < -0.39 is 0 Å². The summed E-state index contributed by atoms with van der Waals surface area (Å²) < 4.78 is 18.8. The number of carbonyl (C=O) groups is 1. The van der Waals surface area contributed by atoms with E-state index in [1.54, 1.807) is 17.0 Å². The van der Waals surface area contributed by atoms with Crippen molar-refractivity contribution in [3.8, 4) is 0 Å². The van der Waals surface area contributed by atoms with E-state index in [-0.39, 0.29) is 24.1 Å². The molecule has 0 radical (unpaired) electrons. The molecule has 0 bridgehead atoms. The summed E-state index contributed by atoms with van der Waals surface area (Å²) in [6.45, 7) is 5.70. The van der Waals surface area contributed by atoms with Gasteiger partial charge in [0.15, 0.2) is 0 Å². The zero-order chi connectivity index (χ0) is 14.5. The maximum Gasteiger partial charge on any atom is 0.317 e. The molecule has 4 nitrogen and oxygen atoms in total. The lowest BCUT2D eigenvalue weighted by molar-refractivity contribution is -0.0656. The largest absolute Gasteiger partial charge is 0.367 e. The molecule has 0 saturated carbocycles. The van der Waals surface area contributed by atoms with Crippen molar-refractivity contribution in [3.63, 3.8) is 0 Å². The van der Waals surface area contributed by atoms with Gasteiger partial charge in [-0.25, -0.2) is 9.18 Å². The molecule has 0 aliphatic carbocycles. The molecule has 2 rings (SSSR count). The third-order valence-corrected chi connectivity index (χ3v) is 3.32. The second-order valence-corrected chi connectivity index (χ2v) is 5.12. The summed E-state index contributed by atoms with van der Waals surface area (Å²) in [5.74, 6) is -0.268. The van der Waals surface area contributed by atoms with Crippen molar-refractivity contribution in [2.75, 3.05) is 19.6 Å². The van der Waals surface area contributed by atoms with Gasteiger partial charge in [0, 0.05) is 13.1 Å². The summed E-state index contributed by atoms with van der Waals surface area (Å²) in [5.41, 5.74) is 0.895. The maximum absolute atomic E-state index is 13.0. The Hall–Kier alpha value is -1.62. The van der Waals surface area contributed by atoms with Crippen molar-refractivity contribution in [2.45, 2.75) is 32.5 Å². The summed E-state index contributed by atoms with van der Waals surface area (Å²) in [7, 11) is 0. The number of amides is 2. The fourth-order valence-corrected chi connectivity index (χ4v) is 2.32. The van der Waals surface area contributed by atoms with E-state index in [1.165, 1.54) is 12.1 Å². The predicted molar refractivity (Wildman–Crippen MR) is 75.0 cm³/mol. The molecule has 1 aromatic carbocycles. The maximum atomic E-state index is 13.0. The number of morpholine rings is 1. The monoisotopic (exact) mass is 280 g/mol. The molecular weight excluding hydrogens is 259 g/mol. The van der Waals surface area contributed by atoms with Gasteiger partial charge >= 0.3 is 6.03 Å². The summed E-state index contributed by atoms with van der Waals surface area (Å²) in [6.07, 6.45) is 0.672. The average Bonchev–Trinajstić information content (AvgIpc) is 2.44. The van der Waals surface area contributed by atoms with E-state index in [0.29, 0.717) is 19.6 Å². The van der Waals surface area contributed by atoms with Crippen molar-refractivity contribution in [1.29, 1.82) is 0 Å². The number of urea groups is 1. The molecule has 1 aliphatic heterocycles. The topological polar surface area (TPSA) is 41.6 Å². The van der Waals surface area contributed by atoms with E-state index in [1.807, 2.05) is 13.8 Å². The smallest absolute Gasteiger partial charge is 0.317 e. The molecular formula is C15H21FN2O2. The first-order valence-corrected chi connectivity index (χ1v) is 7.04. The lowest BCUT2D eigenvalue weighted by atomic mass is 10.1. The van der Waals surface area contributed by atoms with E-state index in [2.05, 4.69) is 5.32 Å². The highest BCUT2D eigenvalue weighted by atomic mass is 19.1. The Morgan fingerprint density at radius 1 is 1.40 bits per heavy atom. The van der Waals surface area contributed by atoms with E-state index in [0.717, 1.165) is 12.0 Å². The van der Waals surface area contributed by atoms with Gasteiger partial charge in [0.05, 0.1) is 12.6 Å². The molecule has 1 N–H and O–H groups in total. The van der Waals surface area contributed by atoms with Gasteiger partial charge in [-0.15, -0.1) is 0 Å². The second-order valence-electron chi connectivity index (χ2n) is 5.12. The fourth-order valence-electron chi connectivity index (χ4n) is 2.32. The zero-order valence-corrected chi connectivity index (χ0v) is 11.9. The second kappa shape index (κ2) is 6.70. The number of benzene rings is 1. The summed E-state index contributed by atoms with van der Waals surface area (Å²) in [5, 5.41) is 2.88. The predicted octanol–water partition coefficient (Wildman–Crippen LogP) is 2.71. The molecule has 1 saturated heterocycles. The first-order chi connectivity index (χ1) is 9.60. The average molecular weight is 280 g/mol. The lowest BCUT2D eigenvalue weighted by Crippen LogP contribution is -2.50.